The molecule has 0 spiro atoms. The first-order valence-corrected chi connectivity index (χ1v) is 16.0. The van der Waals surface area contributed by atoms with Crippen LogP contribution < -0.4 is 0 Å². The summed E-state index contributed by atoms with van der Waals surface area (Å²) in [5, 5.41) is 8.74. The number of furan rings is 1. The molecule has 9 rings (SSSR count). The average molecular weight is 963 g/mol. The third-order valence-electron chi connectivity index (χ3n) is 7.33. The number of nitrogens with zero attached hydrogens (tertiary/aromatic N) is 4. The van der Waals surface area contributed by atoms with Gasteiger partial charge in [0.1, 0.15) is 5.58 Å². The Morgan fingerprint density at radius 2 is 1.05 bits per heavy atom. The smallest absolute Gasteiger partial charge is 0.501 e. The minimum absolute atomic E-state index is 0. The van der Waals surface area contributed by atoms with Gasteiger partial charge in [-0.15, -0.1) is 89.8 Å². The molecule has 0 bridgehead atoms. The minimum Gasteiger partial charge on any atom is -0.501 e. The second-order valence-electron chi connectivity index (χ2n) is 11.0. The largest absolute Gasteiger partial charge is 3.00 e. The predicted octanol–water partition coefficient (Wildman–Crippen LogP) is 11.4. The van der Waals surface area contributed by atoms with E-state index in [2.05, 4.69) is 33.2 Å². The monoisotopic (exact) mass is 963 g/mol. The molecule has 0 N–H and O–H groups in total. The van der Waals surface area contributed by atoms with Crippen LogP contribution in [0.3, 0.4) is 0 Å². The molecule has 0 unspecified atom stereocenters. The number of rotatable bonds is 12. The summed E-state index contributed by atoms with van der Waals surface area (Å²) in [6.07, 6.45) is -30.6. The zero-order valence-corrected chi connectivity index (χ0v) is 30.9. The number of pyridine rings is 3. The van der Waals surface area contributed by atoms with E-state index in [0.717, 1.165) is 0 Å². The van der Waals surface area contributed by atoms with E-state index < -0.39 is 284 Å². The van der Waals surface area contributed by atoms with Gasteiger partial charge in [-0.05, 0) is 108 Å². The molecule has 0 fully saturated rings. The van der Waals surface area contributed by atoms with Crippen LogP contribution in [0.2, 0.25) is 0 Å². The van der Waals surface area contributed by atoms with E-state index >= 15 is 0 Å². The van der Waals surface area contributed by atoms with Crippen LogP contribution in [0.25, 0.3) is 55.7 Å². The molecule has 9 aromatic rings. The van der Waals surface area contributed by atoms with E-state index in [-0.39, 0.29) is 20.1 Å². The van der Waals surface area contributed by atoms with Gasteiger partial charge in [-0.2, -0.15) is 5.26 Å². The van der Waals surface area contributed by atoms with E-state index in [1.807, 2.05) is 0 Å². The van der Waals surface area contributed by atoms with Gasteiger partial charge in [0.05, 0.1) is 37.8 Å². The Balaban J connectivity index is 0.0000116. The summed E-state index contributed by atoms with van der Waals surface area (Å²) in [7, 11) is 0. The van der Waals surface area contributed by atoms with E-state index in [9.17, 15) is 25.8 Å². The van der Waals surface area contributed by atoms with E-state index in [1.54, 1.807) is 6.07 Å². The van der Waals surface area contributed by atoms with Crippen molar-refractivity contribution in [2.45, 2.75) is 38.2 Å². The quantitative estimate of drug-likeness (QED) is 0.114. The molecule has 0 radical (unpaired) electrons. The zero-order chi connectivity index (χ0) is 70.9. The Bertz CT molecular complexity index is 4730. The summed E-state index contributed by atoms with van der Waals surface area (Å²) in [6.45, 7) is 0. The van der Waals surface area contributed by atoms with Gasteiger partial charge in [0.2, 0.25) is 0 Å². The molecule has 0 saturated heterocycles. The molecule has 0 atom stereocenters. The summed E-state index contributed by atoms with van der Waals surface area (Å²) >= 11 is 0. The average Bonchev–Trinajstić information content (AvgIpc) is 1.18. The van der Waals surface area contributed by atoms with Gasteiger partial charge in [-0.3, -0.25) is 0 Å². The number of nitriles is 1. The van der Waals surface area contributed by atoms with Crippen LogP contribution in [0.1, 0.15) is 89.7 Å². The fourth-order valence-corrected chi connectivity index (χ4v) is 4.81. The Kier molecular flexibility index (Phi) is 4.40. The molecule has 0 amide bonds. The van der Waals surface area contributed by atoms with E-state index in [1.165, 1.54) is 0 Å². The first-order chi connectivity index (χ1) is 43.1. The van der Waals surface area contributed by atoms with Crippen LogP contribution in [-0.4, -0.2) is 15.0 Å². The van der Waals surface area contributed by atoms with Crippen molar-refractivity contribution in [2.24, 2.45) is 0 Å². The van der Waals surface area contributed by atoms with E-state index in [4.69, 9.17) is 34.6 Å². The van der Waals surface area contributed by atoms with Crippen molar-refractivity contribution in [3.05, 3.63) is 209 Å². The fourth-order valence-electron chi connectivity index (χ4n) is 4.81. The van der Waals surface area contributed by atoms with Gasteiger partial charge in [0, 0.05) is 47.2 Å². The van der Waals surface area contributed by atoms with Gasteiger partial charge in [0.15, 0.2) is 0 Å². The van der Waals surface area contributed by atoms with Gasteiger partial charge < -0.3 is 19.4 Å². The van der Waals surface area contributed by atoms with Crippen molar-refractivity contribution in [3.8, 4) is 39.8 Å². The SMILES string of the molecule is [2H]c1[c-]c(-c2nc([2H])c(C([2H])([2H])C([2H])([2H])c3c([2H])c(C([2H])([2H])C([2H])([2H])c4c([2H])nc(-c5[c-]c([2H])c([2H])c([2H])c5[2H])c([2H])c4[2H])c([2H])c(C([2H])([2H])C([2H])([2H])c4c([2H])nc(-c5[c-]c([2H])c([2H])c6c5oc5c([2H])c(C#N)c([2H])c([2H])c56)c([2H])c4[2H])c3[2H])c([2H])c2[2H])c([2H])c([2H])c1[2H].[Ir+3]. The molecule has 280 valence electrons. The first kappa shape index (κ1) is 14.4. The Hall–Kier alpha value is -6.51. The molecule has 5 nitrogen and oxygen atoms in total. The third-order valence-corrected chi connectivity index (χ3v) is 7.33. The van der Waals surface area contributed by atoms with Crippen molar-refractivity contribution < 1.29 is 75.2 Å². The van der Waals surface area contributed by atoms with Crippen molar-refractivity contribution in [1.82, 2.24) is 15.0 Å². The molecule has 4 heterocycles. The summed E-state index contributed by atoms with van der Waals surface area (Å²) in [6, 6.07) is -16.8. The Morgan fingerprint density at radius 1 is 0.534 bits per heavy atom. The maximum atomic E-state index is 9.69. The van der Waals surface area contributed by atoms with Crippen molar-refractivity contribution in [3.63, 3.8) is 0 Å². The number of hydrogen-bond acceptors (Lipinski definition) is 5. The second kappa shape index (κ2) is 17.7. The molecule has 0 saturated carbocycles. The molecule has 0 aliphatic rings. The maximum absolute atomic E-state index is 9.69. The van der Waals surface area contributed by atoms with Gasteiger partial charge in [0.25, 0.3) is 0 Å². The van der Waals surface area contributed by atoms with Crippen LogP contribution in [0, 0.1) is 29.5 Å². The number of hydrogen-bond donors (Lipinski definition) is 0. The number of aromatic nitrogens is 3. The summed E-state index contributed by atoms with van der Waals surface area (Å²) in [5.74, 6) is 0. The summed E-state index contributed by atoms with van der Waals surface area (Å²) in [5.41, 5.74) is -17.5. The van der Waals surface area contributed by atoms with Crippen molar-refractivity contribution >= 4 is 21.9 Å². The van der Waals surface area contributed by atoms with Crippen LogP contribution in [0.4, 0.5) is 0 Å². The summed E-state index contributed by atoms with van der Waals surface area (Å²) in [4.78, 5) is 11.4. The molecular weight excluding hydrogens is 889 g/mol. The standard InChI is InChI=1S/C52H37N4O.Ir/c53-32-42-20-24-45-46-12-7-13-47(52(46)57-51(45)31-42)50-27-23-38(35-56-50)16-19-41-29-39(17-14-36-21-25-48(54-33-36)43-8-3-1-4-9-43)28-40(30-41)18-15-37-22-26-49(55-34-37)44-10-5-2-6-11-44;/h1-8,10,12,20-31,33-35H,14-19H2;/q-3;+3/i1D,2D,3D,4D,5D,6D,7D,8D,10D,12D,14D2,15D2,16D2,17D2,18D2,19D2,20D,21D,22D,23D,24D,25D,26D,27D,28D,29D,30D,31D,33D,34D,35D;. The fraction of sp³-hybridized carbons (Fsp3) is 0.115. The van der Waals surface area contributed by atoms with Crippen LogP contribution >= 0.6 is 0 Å². The van der Waals surface area contributed by atoms with E-state index in [0.29, 0.717) is 0 Å². The Morgan fingerprint density at radius 3 is 1.60 bits per heavy atom. The normalized spacial score (nSPS) is 21.6. The molecular formula is C52H37IrN4O. The molecule has 0 aliphatic heterocycles. The van der Waals surface area contributed by atoms with Gasteiger partial charge in [-0.1, -0.05) is 71.4 Å². The van der Waals surface area contributed by atoms with Crippen LogP contribution in [0.5, 0.6) is 0 Å². The second-order valence-corrected chi connectivity index (χ2v) is 11.0. The predicted molar refractivity (Wildman–Crippen MR) is 226 cm³/mol. The third kappa shape index (κ3) is 8.72. The van der Waals surface area contributed by atoms with Crippen LogP contribution in [-0.2, 0) is 58.3 Å². The summed E-state index contributed by atoms with van der Waals surface area (Å²) < 4.78 is 336. The maximum Gasteiger partial charge on any atom is 3.00 e. The molecule has 58 heavy (non-hydrogen) atoms. The van der Waals surface area contributed by atoms with Crippen molar-refractivity contribution in [1.29, 1.82) is 5.26 Å². The van der Waals surface area contributed by atoms with Crippen LogP contribution in [0.15, 0.2) is 156 Å². The molecule has 4 aromatic heterocycles. The van der Waals surface area contributed by atoms with Crippen molar-refractivity contribution in [2.75, 3.05) is 0 Å². The minimum atomic E-state index is -4.46. The number of fused-ring (bicyclic) bond motifs is 3. The molecule has 0 aliphatic carbocycles. The Labute approximate surface area is 404 Å². The number of benzene rings is 5. The van der Waals surface area contributed by atoms with Gasteiger partial charge >= 0.3 is 20.1 Å². The molecule has 5 aromatic carbocycles. The topological polar surface area (TPSA) is 75.6 Å². The zero-order valence-electron chi connectivity index (χ0n) is 65.5. The first-order valence-electron chi connectivity index (χ1n) is 34.5. The van der Waals surface area contributed by atoms with Gasteiger partial charge in [-0.25, -0.2) is 0 Å². The molecule has 6 heteroatoms.